The summed E-state index contributed by atoms with van der Waals surface area (Å²) in [4.78, 5) is 50.6. The van der Waals surface area contributed by atoms with Crippen LogP contribution in [0.2, 0.25) is 0 Å². The van der Waals surface area contributed by atoms with Crippen molar-refractivity contribution in [1.29, 1.82) is 0 Å². The summed E-state index contributed by atoms with van der Waals surface area (Å²) in [5, 5.41) is -0.207. The number of piperazine rings is 1. The Balaban J connectivity index is 1.88. The highest BCUT2D eigenvalue weighted by Gasteiger charge is 2.32. The molecule has 15 heteroatoms. The van der Waals surface area contributed by atoms with Crippen molar-refractivity contribution >= 4 is 38.4 Å². The number of halogens is 1. The van der Waals surface area contributed by atoms with Crippen molar-refractivity contribution in [3.05, 3.63) is 65.4 Å². The third kappa shape index (κ3) is 5.31. The van der Waals surface area contributed by atoms with Crippen molar-refractivity contribution in [2.45, 2.75) is 37.8 Å². The van der Waals surface area contributed by atoms with E-state index in [9.17, 15) is 18.0 Å². The summed E-state index contributed by atoms with van der Waals surface area (Å²) in [7, 11) is -3.95. The minimum Gasteiger partial charge on any atom is -0.383 e. The van der Waals surface area contributed by atoms with E-state index in [0.717, 1.165) is 10.8 Å². The normalized spacial score (nSPS) is 15.7. The summed E-state index contributed by atoms with van der Waals surface area (Å²) >= 11 is 0. The summed E-state index contributed by atoms with van der Waals surface area (Å²) in [6.07, 6.45) is 6.09. The number of rotatable bonds is 6. The lowest BCUT2D eigenvalue weighted by atomic mass is 10.0. The van der Waals surface area contributed by atoms with E-state index in [0.29, 0.717) is 18.7 Å². The van der Waals surface area contributed by atoms with Crippen LogP contribution in [-0.2, 0) is 14.6 Å². The average molecular weight is 608 g/mol. The first-order chi connectivity index (χ1) is 20.3. The number of nitrogen functional groups attached to an aromatic ring is 1. The van der Waals surface area contributed by atoms with Crippen LogP contribution in [0, 0.1) is 5.82 Å². The number of hydrogen-bond donors (Lipinski definition) is 1. The van der Waals surface area contributed by atoms with Gasteiger partial charge in [0.05, 0.1) is 16.6 Å². The van der Waals surface area contributed by atoms with Crippen LogP contribution in [0.3, 0.4) is 0 Å². The Hall–Kier alpha value is -4.79. The van der Waals surface area contributed by atoms with Gasteiger partial charge in [-0.05, 0) is 36.6 Å². The molecule has 0 bridgehead atoms. The molecule has 1 aliphatic heterocycles. The van der Waals surface area contributed by atoms with Gasteiger partial charge in [0.1, 0.15) is 23.7 Å². The second-order valence-electron chi connectivity index (χ2n) is 10.6. The van der Waals surface area contributed by atoms with E-state index in [4.69, 9.17) is 5.73 Å². The van der Waals surface area contributed by atoms with Crippen molar-refractivity contribution in [2.24, 2.45) is 0 Å². The minimum absolute atomic E-state index is 0.0224. The van der Waals surface area contributed by atoms with Crippen LogP contribution in [0.5, 0.6) is 0 Å². The van der Waals surface area contributed by atoms with Gasteiger partial charge in [-0.1, -0.05) is 20.4 Å². The maximum atomic E-state index is 15.9. The van der Waals surface area contributed by atoms with E-state index in [1.165, 1.54) is 30.9 Å². The molecule has 0 aromatic carbocycles. The number of hydrogen-bond acceptors (Lipinski definition) is 11. The highest BCUT2D eigenvalue weighted by Crippen LogP contribution is 2.35. The number of carbonyl (C=O) groups excluding carboxylic acids is 1. The van der Waals surface area contributed by atoms with Gasteiger partial charge in [-0.15, -0.1) is 0 Å². The lowest BCUT2D eigenvalue weighted by Gasteiger charge is -2.40. The molecule has 224 valence electrons. The molecular formula is C28H30FN9O4S. The third-order valence-electron chi connectivity index (χ3n) is 7.30. The fourth-order valence-corrected chi connectivity index (χ4v) is 6.06. The largest absolute Gasteiger partial charge is 0.383 e. The Labute approximate surface area is 246 Å². The number of carbonyl (C=O) groups is 1. The average Bonchev–Trinajstić information content (AvgIpc) is 2.96. The Morgan fingerprint density at radius 2 is 1.98 bits per heavy atom. The van der Waals surface area contributed by atoms with E-state index in [1.807, 2.05) is 20.8 Å². The zero-order chi connectivity index (χ0) is 31.2. The Bertz CT molecular complexity index is 1940. The maximum absolute atomic E-state index is 15.9. The van der Waals surface area contributed by atoms with Gasteiger partial charge in [-0.3, -0.25) is 4.79 Å². The topological polar surface area (TPSA) is 170 Å². The molecule has 0 spiro atoms. The molecule has 1 saturated heterocycles. The molecule has 5 heterocycles. The molecule has 4 aromatic heterocycles. The molecule has 0 unspecified atom stereocenters. The maximum Gasteiger partial charge on any atom is 0.355 e. The van der Waals surface area contributed by atoms with E-state index in [-0.39, 0.29) is 69.1 Å². The fourth-order valence-electron chi connectivity index (χ4n) is 5.25. The van der Waals surface area contributed by atoms with E-state index in [1.54, 1.807) is 15.9 Å². The first-order valence-electron chi connectivity index (χ1n) is 13.4. The van der Waals surface area contributed by atoms with Crippen molar-refractivity contribution < 1.29 is 17.6 Å². The molecule has 1 atom stereocenters. The summed E-state index contributed by atoms with van der Waals surface area (Å²) in [6.45, 7) is 9.98. The van der Waals surface area contributed by atoms with Crippen LogP contribution in [0.1, 0.15) is 32.3 Å². The molecule has 2 N–H and O–H groups in total. The van der Waals surface area contributed by atoms with Crippen LogP contribution < -0.4 is 16.3 Å². The van der Waals surface area contributed by atoms with Gasteiger partial charge in [0.15, 0.2) is 26.3 Å². The summed E-state index contributed by atoms with van der Waals surface area (Å²) in [5.74, 6) is -1.16. The van der Waals surface area contributed by atoms with Gasteiger partial charge in [0.25, 0.3) is 0 Å². The lowest BCUT2D eigenvalue weighted by molar-refractivity contribution is -0.126. The predicted molar refractivity (Wildman–Crippen MR) is 159 cm³/mol. The monoisotopic (exact) mass is 607 g/mol. The summed E-state index contributed by atoms with van der Waals surface area (Å²) in [6, 6.07) is 2.48. The Kier molecular flexibility index (Phi) is 7.69. The Morgan fingerprint density at radius 1 is 1.23 bits per heavy atom. The van der Waals surface area contributed by atoms with Crippen molar-refractivity contribution in [3.8, 4) is 16.9 Å². The summed E-state index contributed by atoms with van der Waals surface area (Å²) < 4.78 is 42.8. The number of sulfone groups is 1. The molecule has 0 saturated carbocycles. The fraction of sp³-hybridized carbons (Fsp3) is 0.321. The molecule has 0 aliphatic carbocycles. The second-order valence-corrected chi connectivity index (χ2v) is 12.5. The van der Waals surface area contributed by atoms with Gasteiger partial charge < -0.3 is 15.5 Å². The molecule has 43 heavy (non-hydrogen) atoms. The van der Waals surface area contributed by atoms with E-state index in [2.05, 4.69) is 31.5 Å². The molecule has 0 radical (unpaired) electrons. The molecular weight excluding hydrogens is 577 g/mol. The number of amides is 1. The second kappa shape index (κ2) is 11.1. The first-order valence-corrected chi connectivity index (χ1v) is 15.3. The number of nitrogens with zero attached hydrogens (tertiary/aromatic N) is 8. The van der Waals surface area contributed by atoms with Crippen molar-refractivity contribution in [2.75, 3.05) is 36.5 Å². The van der Waals surface area contributed by atoms with Crippen LogP contribution in [0.4, 0.5) is 16.0 Å². The van der Waals surface area contributed by atoms with Crippen LogP contribution >= 0.6 is 0 Å². The molecule has 13 nitrogen and oxygen atoms in total. The molecule has 5 rings (SSSR count). The van der Waals surface area contributed by atoms with E-state index >= 15 is 4.39 Å². The first kappa shape index (κ1) is 29.7. The number of fused-ring (bicyclic) bond motifs is 1. The highest BCUT2D eigenvalue weighted by atomic mass is 32.2. The van der Waals surface area contributed by atoms with Gasteiger partial charge in [-0.2, -0.15) is 4.98 Å². The number of pyridine rings is 2. The van der Waals surface area contributed by atoms with Gasteiger partial charge in [0, 0.05) is 44.3 Å². The lowest BCUT2D eigenvalue weighted by Crippen LogP contribution is -2.54. The highest BCUT2D eigenvalue weighted by molar-refractivity contribution is 7.90. The number of nitrogens with two attached hydrogens (primary N) is 1. The predicted octanol–water partition coefficient (Wildman–Crippen LogP) is 2.10. The smallest absolute Gasteiger partial charge is 0.355 e. The number of aromatic nitrogens is 6. The van der Waals surface area contributed by atoms with Crippen LogP contribution in [-0.4, -0.2) is 80.6 Å². The SMILES string of the molecule is C=CC(=O)N1CCN(c2nc(=O)n(-c3c(C(C)C)ccnc3S(C)(=O)=O)c3nc(-c4cncnc4N)c(F)cc23)[C@@H](C)C1. The third-order valence-corrected chi connectivity index (χ3v) is 8.31. The quantitative estimate of drug-likeness (QED) is 0.318. The van der Waals surface area contributed by atoms with Crippen LogP contribution in [0.25, 0.3) is 28.0 Å². The molecule has 1 fully saturated rings. The summed E-state index contributed by atoms with van der Waals surface area (Å²) in [5.41, 5.74) is 5.44. The molecule has 4 aromatic rings. The van der Waals surface area contributed by atoms with Crippen LogP contribution in [0.15, 0.2) is 53.3 Å². The molecule has 1 aliphatic rings. The van der Waals surface area contributed by atoms with Crippen molar-refractivity contribution in [3.63, 3.8) is 0 Å². The molecule has 1 amide bonds. The van der Waals surface area contributed by atoms with Gasteiger partial charge >= 0.3 is 5.69 Å². The van der Waals surface area contributed by atoms with Gasteiger partial charge in [0.2, 0.25) is 5.91 Å². The standard InChI is InChI=1S/C28H30FN9O4S/c1-6-21(39)36-9-10-37(16(4)13-36)25-18-11-20(29)22(19-12-31-14-33-24(19)30)34-26(18)38(28(40)35-25)23-17(15(2)3)7-8-32-27(23)43(5,41)42/h6-8,11-12,14-16H,1,9-10,13H2,2-5H3,(H2,30,31,33)/t16-/m0/s1. The zero-order valence-corrected chi connectivity index (χ0v) is 24.8. The van der Waals surface area contributed by atoms with E-state index < -0.39 is 21.3 Å². The number of anilines is 2. The Morgan fingerprint density at radius 3 is 2.60 bits per heavy atom. The zero-order valence-electron chi connectivity index (χ0n) is 24.0. The van der Waals surface area contributed by atoms with Crippen molar-refractivity contribution in [1.82, 2.24) is 34.4 Å². The minimum atomic E-state index is -3.95. The van der Waals surface area contributed by atoms with Gasteiger partial charge in [-0.25, -0.2) is 42.1 Å².